The summed E-state index contributed by atoms with van der Waals surface area (Å²) >= 11 is 0. The number of nitrogens with zero attached hydrogens (tertiary/aromatic N) is 2. The molecule has 2 aliphatic rings. The Hall–Kier alpha value is -0.610. The molecule has 0 aromatic rings. The maximum Gasteiger partial charge on any atom is 0.236 e. The molecule has 1 aliphatic heterocycles. The third-order valence-corrected chi connectivity index (χ3v) is 3.59. The second kappa shape index (κ2) is 5.15. The number of likely N-dealkylation sites (N-methyl/N-ethyl adjacent to an activating group) is 2. The van der Waals surface area contributed by atoms with Crippen LogP contribution in [0.15, 0.2) is 0 Å². The topological polar surface area (TPSA) is 35.6 Å². The van der Waals surface area contributed by atoms with Crippen LogP contribution in [0.25, 0.3) is 0 Å². The van der Waals surface area contributed by atoms with Gasteiger partial charge in [0.1, 0.15) is 0 Å². The Morgan fingerprint density at radius 1 is 1.31 bits per heavy atom. The van der Waals surface area contributed by atoms with Gasteiger partial charge in [-0.3, -0.25) is 9.69 Å². The molecule has 0 bridgehead atoms. The van der Waals surface area contributed by atoms with Gasteiger partial charge < -0.3 is 10.2 Å². The van der Waals surface area contributed by atoms with Crippen LogP contribution in [-0.2, 0) is 4.79 Å². The van der Waals surface area contributed by atoms with Gasteiger partial charge in [0.05, 0.1) is 6.54 Å². The predicted molar refractivity (Wildman–Crippen MR) is 64.3 cm³/mol. The van der Waals surface area contributed by atoms with Crippen LogP contribution in [-0.4, -0.2) is 61.5 Å². The Balaban J connectivity index is 1.68. The molecular weight excluding hydrogens is 202 g/mol. The van der Waals surface area contributed by atoms with Gasteiger partial charge in [0, 0.05) is 25.7 Å². The molecule has 0 aromatic carbocycles. The highest BCUT2D eigenvalue weighted by molar-refractivity contribution is 5.78. The van der Waals surface area contributed by atoms with Gasteiger partial charge in [0.2, 0.25) is 5.91 Å². The quantitative estimate of drug-likeness (QED) is 0.730. The SMILES string of the molecule is CN(CC(=O)N(C)C1CC1)CC1CCCN1. The van der Waals surface area contributed by atoms with Crippen LogP contribution in [0.1, 0.15) is 25.7 Å². The van der Waals surface area contributed by atoms with Crippen molar-refractivity contribution in [1.29, 1.82) is 0 Å². The van der Waals surface area contributed by atoms with Crippen molar-refractivity contribution in [3.8, 4) is 0 Å². The molecule has 1 aliphatic carbocycles. The van der Waals surface area contributed by atoms with Gasteiger partial charge in [-0.1, -0.05) is 0 Å². The van der Waals surface area contributed by atoms with Gasteiger partial charge in [0.25, 0.3) is 0 Å². The molecule has 0 radical (unpaired) electrons. The van der Waals surface area contributed by atoms with Crippen molar-refractivity contribution in [2.45, 2.75) is 37.8 Å². The largest absolute Gasteiger partial charge is 0.342 e. The van der Waals surface area contributed by atoms with Gasteiger partial charge in [-0.05, 0) is 39.3 Å². The monoisotopic (exact) mass is 225 g/mol. The molecule has 1 unspecified atom stereocenters. The Bertz CT molecular complexity index is 247. The van der Waals surface area contributed by atoms with Crippen molar-refractivity contribution in [2.75, 3.05) is 33.7 Å². The van der Waals surface area contributed by atoms with Gasteiger partial charge in [-0.2, -0.15) is 0 Å². The number of carbonyl (C=O) groups is 1. The summed E-state index contributed by atoms with van der Waals surface area (Å²) in [6, 6.07) is 1.12. The molecular formula is C12H23N3O. The maximum absolute atomic E-state index is 11.9. The van der Waals surface area contributed by atoms with E-state index in [-0.39, 0.29) is 5.91 Å². The minimum Gasteiger partial charge on any atom is -0.342 e. The highest BCUT2D eigenvalue weighted by Crippen LogP contribution is 2.25. The first-order valence-electron chi connectivity index (χ1n) is 6.34. The summed E-state index contributed by atoms with van der Waals surface area (Å²) in [7, 11) is 3.97. The molecule has 2 rings (SSSR count). The fraction of sp³-hybridized carbons (Fsp3) is 0.917. The minimum atomic E-state index is 0.267. The summed E-state index contributed by atoms with van der Waals surface area (Å²) in [5.41, 5.74) is 0. The van der Waals surface area contributed by atoms with E-state index in [2.05, 4.69) is 10.2 Å². The van der Waals surface area contributed by atoms with Crippen LogP contribution >= 0.6 is 0 Å². The summed E-state index contributed by atoms with van der Waals surface area (Å²) < 4.78 is 0. The molecule has 16 heavy (non-hydrogen) atoms. The zero-order chi connectivity index (χ0) is 11.5. The van der Waals surface area contributed by atoms with E-state index in [1.54, 1.807) is 0 Å². The van der Waals surface area contributed by atoms with Crippen molar-refractivity contribution < 1.29 is 4.79 Å². The van der Waals surface area contributed by atoms with Crippen LogP contribution in [0.4, 0.5) is 0 Å². The predicted octanol–water partition coefficient (Wildman–Crippen LogP) is 0.291. The first kappa shape index (κ1) is 11.9. The van der Waals surface area contributed by atoms with E-state index in [4.69, 9.17) is 0 Å². The van der Waals surface area contributed by atoms with Crippen LogP contribution in [0.5, 0.6) is 0 Å². The number of nitrogens with one attached hydrogen (secondary N) is 1. The third kappa shape index (κ3) is 3.19. The lowest BCUT2D eigenvalue weighted by atomic mass is 10.2. The highest BCUT2D eigenvalue weighted by atomic mass is 16.2. The number of carbonyl (C=O) groups excluding carboxylic acids is 1. The summed E-state index contributed by atoms with van der Waals surface area (Å²) in [4.78, 5) is 15.9. The molecule has 1 amide bonds. The fourth-order valence-corrected chi connectivity index (χ4v) is 2.36. The van der Waals surface area contributed by atoms with E-state index in [1.165, 1.54) is 25.7 Å². The average Bonchev–Trinajstić information content (AvgIpc) is 2.97. The zero-order valence-electron chi connectivity index (χ0n) is 10.4. The first-order valence-corrected chi connectivity index (χ1v) is 6.34. The molecule has 1 N–H and O–H groups in total. The van der Waals surface area contributed by atoms with E-state index in [1.807, 2.05) is 19.0 Å². The number of hydrogen-bond acceptors (Lipinski definition) is 3. The number of amides is 1. The molecule has 4 nitrogen and oxygen atoms in total. The molecule has 92 valence electrons. The minimum absolute atomic E-state index is 0.267. The summed E-state index contributed by atoms with van der Waals surface area (Å²) in [6.07, 6.45) is 4.90. The zero-order valence-corrected chi connectivity index (χ0v) is 10.4. The van der Waals surface area contributed by atoms with Crippen LogP contribution in [0, 0.1) is 0 Å². The average molecular weight is 225 g/mol. The Morgan fingerprint density at radius 3 is 2.62 bits per heavy atom. The second-order valence-corrected chi connectivity index (χ2v) is 5.23. The van der Waals surface area contributed by atoms with Crippen LogP contribution < -0.4 is 5.32 Å². The molecule has 2 fully saturated rings. The van der Waals surface area contributed by atoms with E-state index >= 15 is 0 Å². The summed E-state index contributed by atoms with van der Waals surface area (Å²) in [5, 5.41) is 3.46. The molecule has 0 aromatic heterocycles. The second-order valence-electron chi connectivity index (χ2n) is 5.23. The van der Waals surface area contributed by atoms with Crippen molar-refractivity contribution in [1.82, 2.24) is 15.1 Å². The molecule has 1 heterocycles. The van der Waals surface area contributed by atoms with Crippen LogP contribution in [0.2, 0.25) is 0 Å². The number of hydrogen-bond donors (Lipinski definition) is 1. The van der Waals surface area contributed by atoms with Gasteiger partial charge in [-0.15, -0.1) is 0 Å². The third-order valence-electron chi connectivity index (χ3n) is 3.59. The fourth-order valence-electron chi connectivity index (χ4n) is 2.36. The molecule has 4 heteroatoms. The van der Waals surface area contributed by atoms with E-state index in [9.17, 15) is 4.79 Å². The maximum atomic E-state index is 11.9. The standard InChI is InChI=1S/C12H23N3O/c1-14(8-10-4-3-7-13-10)9-12(16)15(2)11-5-6-11/h10-11,13H,3-9H2,1-2H3. The van der Waals surface area contributed by atoms with Gasteiger partial charge in [-0.25, -0.2) is 0 Å². The van der Waals surface area contributed by atoms with Crippen molar-refractivity contribution in [2.24, 2.45) is 0 Å². The Kier molecular flexibility index (Phi) is 3.82. The van der Waals surface area contributed by atoms with E-state index < -0.39 is 0 Å². The summed E-state index contributed by atoms with van der Waals surface area (Å²) in [5.74, 6) is 0.267. The van der Waals surface area contributed by atoms with Gasteiger partial charge >= 0.3 is 0 Å². The van der Waals surface area contributed by atoms with Crippen molar-refractivity contribution in [3.05, 3.63) is 0 Å². The van der Waals surface area contributed by atoms with Crippen molar-refractivity contribution >= 4 is 5.91 Å². The lowest BCUT2D eigenvalue weighted by Crippen LogP contribution is -2.42. The van der Waals surface area contributed by atoms with E-state index in [0.29, 0.717) is 18.6 Å². The normalized spacial score (nSPS) is 25.1. The number of rotatable bonds is 5. The van der Waals surface area contributed by atoms with Crippen LogP contribution in [0.3, 0.4) is 0 Å². The highest BCUT2D eigenvalue weighted by Gasteiger charge is 2.30. The molecule has 1 atom stereocenters. The Morgan fingerprint density at radius 2 is 2.06 bits per heavy atom. The summed E-state index contributed by atoms with van der Waals surface area (Å²) in [6.45, 7) is 2.68. The molecule has 1 saturated carbocycles. The lowest BCUT2D eigenvalue weighted by molar-refractivity contribution is -0.131. The molecule has 0 spiro atoms. The van der Waals surface area contributed by atoms with Gasteiger partial charge in [0.15, 0.2) is 0 Å². The van der Waals surface area contributed by atoms with Crippen molar-refractivity contribution in [3.63, 3.8) is 0 Å². The Labute approximate surface area is 98.0 Å². The molecule has 1 saturated heterocycles. The lowest BCUT2D eigenvalue weighted by Gasteiger charge is -2.23. The van der Waals surface area contributed by atoms with E-state index in [0.717, 1.165) is 13.1 Å². The smallest absolute Gasteiger partial charge is 0.236 e. The first-order chi connectivity index (χ1) is 7.66.